The lowest BCUT2D eigenvalue weighted by atomic mass is 10.1. The van der Waals surface area contributed by atoms with Crippen LogP contribution in [-0.4, -0.2) is 23.2 Å². The SMILES string of the molecule is COc1cc(-c2nc(C(C)C)c(C(=O)O)o2)ccc1C. The number of ether oxygens (including phenoxy) is 1. The molecular weight excluding hydrogens is 258 g/mol. The van der Waals surface area contributed by atoms with E-state index in [1.165, 1.54) is 0 Å². The molecule has 0 fully saturated rings. The molecule has 1 aromatic heterocycles. The Morgan fingerprint density at radius 2 is 2.10 bits per heavy atom. The molecule has 0 atom stereocenters. The van der Waals surface area contributed by atoms with E-state index in [0.717, 1.165) is 5.56 Å². The Labute approximate surface area is 117 Å². The lowest BCUT2D eigenvalue weighted by Crippen LogP contribution is -2.01. The molecule has 20 heavy (non-hydrogen) atoms. The number of methoxy groups -OCH3 is 1. The van der Waals surface area contributed by atoms with Crippen molar-refractivity contribution in [2.24, 2.45) is 0 Å². The molecule has 0 bridgehead atoms. The third-order valence-corrected chi connectivity index (χ3v) is 3.05. The van der Waals surface area contributed by atoms with Crippen LogP contribution in [-0.2, 0) is 0 Å². The second kappa shape index (κ2) is 5.36. The van der Waals surface area contributed by atoms with Crippen molar-refractivity contribution < 1.29 is 19.1 Å². The predicted molar refractivity (Wildman–Crippen MR) is 74.3 cm³/mol. The van der Waals surface area contributed by atoms with Crippen molar-refractivity contribution in [3.63, 3.8) is 0 Å². The summed E-state index contributed by atoms with van der Waals surface area (Å²) < 4.78 is 10.7. The van der Waals surface area contributed by atoms with Gasteiger partial charge in [0.1, 0.15) is 5.75 Å². The lowest BCUT2D eigenvalue weighted by Gasteiger charge is -2.05. The second-order valence-electron chi connectivity index (χ2n) is 4.88. The summed E-state index contributed by atoms with van der Waals surface area (Å²) in [5.74, 6) is -0.222. The molecule has 0 aliphatic rings. The molecule has 0 amide bonds. The summed E-state index contributed by atoms with van der Waals surface area (Å²) in [4.78, 5) is 15.5. The number of carbonyl (C=O) groups is 1. The molecule has 5 nitrogen and oxygen atoms in total. The number of hydrogen-bond donors (Lipinski definition) is 1. The molecule has 0 spiro atoms. The second-order valence-corrected chi connectivity index (χ2v) is 4.88. The smallest absolute Gasteiger partial charge is 0.373 e. The van der Waals surface area contributed by atoms with Gasteiger partial charge in [0.15, 0.2) is 0 Å². The molecule has 0 saturated carbocycles. The first-order chi connectivity index (χ1) is 9.43. The minimum atomic E-state index is -1.11. The van der Waals surface area contributed by atoms with E-state index in [1.807, 2.05) is 32.9 Å². The Morgan fingerprint density at radius 1 is 1.40 bits per heavy atom. The number of benzene rings is 1. The van der Waals surface area contributed by atoms with Crippen LogP contribution in [0.3, 0.4) is 0 Å². The van der Waals surface area contributed by atoms with Crippen LogP contribution in [0.1, 0.15) is 41.6 Å². The molecule has 106 valence electrons. The van der Waals surface area contributed by atoms with Gasteiger partial charge in [0.2, 0.25) is 11.7 Å². The van der Waals surface area contributed by atoms with E-state index < -0.39 is 5.97 Å². The standard InChI is InChI=1S/C15H17NO4/c1-8(2)12-13(15(17)18)20-14(16-12)10-6-5-9(3)11(7-10)19-4/h5-8H,1-4H3,(H,17,18). The van der Waals surface area contributed by atoms with E-state index in [1.54, 1.807) is 13.2 Å². The van der Waals surface area contributed by atoms with Crippen LogP contribution in [0.5, 0.6) is 5.75 Å². The highest BCUT2D eigenvalue weighted by atomic mass is 16.5. The van der Waals surface area contributed by atoms with Crippen molar-refractivity contribution in [1.82, 2.24) is 4.98 Å². The summed E-state index contributed by atoms with van der Waals surface area (Å²) in [6.45, 7) is 5.69. The van der Waals surface area contributed by atoms with Gasteiger partial charge in [-0.3, -0.25) is 0 Å². The minimum absolute atomic E-state index is 0.0223. The van der Waals surface area contributed by atoms with Gasteiger partial charge in [0.05, 0.1) is 12.8 Å². The Bertz CT molecular complexity index is 643. The Kier molecular flexibility index (Phi) is 3.79. The number of hydrogen-bond acceptors (Lipinski definition) is 4. The van der Waals surface area contributed by atoms with Gasteiger partial charge in [0.25, 0.3) is 0 Å². The largest absolute Gasteiger partial charge is 0.496 e. The number of aromatic carboxylic acids is 1. The molecule has 5 heteroatoms. The van der Waals surface area contributed by atoms with Gasteiger partial charge in [-0.1, -0.05) is 19.9 Å². The maximum Gasteiger partial charge on any atom is 0.373 e. The van der Waals surface area contributed by atoms with Crippen molar-refractivity contribution in [1.29, 1.82) is 0 Å². The highest BCUT2D eigenvalue weighted by Gasteiger charge is 2.22. The molecule has 0 saturated heterocycles. The normalized spacial score (nSPS) is 10.8. The van der Waals surface area contributed by atoms with Crippen LogP contribution in [0.2, 0.25) is 0 Å². The van der Waals surface area contributed by atoms with Gasteiger partial charge in [-0.05, 0) is 30.5 Å². The highest BCUT2D eigenvalue weighted by Crippen LogP contribution is 2.30. The van der Waals surface area contributed by atoms with E-state index in [-0.39, 0.29) is 11.7 Å². The zero-order valence-corrected chi connectivity index (χ0v) is 11.9. The maximum absolute atomic E-state index is 11.2. The van der Waals surface area contributed by atoms with E-state index >= 15 is 0 Å². The summed E-state index contributed by atoms with van der Waals surface area (Å²) >= 11 is 0. The average Bonchev–Trinajstić information content (AvgIpc) is 2.84. The zero-order valence-electron chi connectivity index (χ0n) is 11.9. The summed E-state index contributed by atoms with van der Waals surface area (Å²) in [6, 6.07) is 5.50. The molecular formula is C15H17NO4. The summed E-state index contributed by atoms with van der Waals surface area (Å²) in [5, 5.41) is 9.16. The molecule has 0 aliphatic heterocycles. The first-order valence-corrected chi connectivity index (χ1v) is 6.33. The van der Waals surface area contributed by atoms with Crippen LogP contribution in [0.4, 0.5) is 0 Å². The molecule has 0 aliphatic carbocycles. The number of carboxylic acid groups (broad SMARTS) is 1. The molecule has 2 aromatic rings. The van der Waals surface area contributed by atoms with Gasteiger partial charge < -0.3 is 14.3 Å². The maximum atomic E-state index is 11.2. The Balaban J connectivity index is 2.53. The van der Waals surface area contributed by atoms with Crippen molar-refractivity contribution >= 4 is 5.97 Å². The molecule has 1 heterocycles. The molecule has 1 N–H and O–H groups in total. The number of oxazole rings is 1. The van der Waals surface area contributed by atoms with Crippen LogP contribution in [0.25, 0.3) is 11.5 Å². The summed E-state index contributed by atoms with van der Waals surface area (Å²) in [5.41, 5.74) is 2.14. The van der Waals surface area contributed by atoms with Gasteiger partial charge >= 0.3 is 5.97 Å². The van der Waals surface area contributed by atoms with Crippen LogP contribution in [0, 0.1) is 6.92 Å². The van der Waals surface area contributed by atoms with Crippen molar-refractivity contribution in [2.45, 2.75) is 26.7 Å². The third-order valence-electron chi connectivity index (χ3n) is 3.05. The molecule has 1 aromatic carbocycles. The highest BCUT2D eigenvalue weighted by molar-refractivity contribution is 5.86. The van der Waals surface area contributed by atoms with Crippen molar-refractivity contribution in [3.05, 3.63) is 35.2 Å². The summed E-state index contributed by atoms with van der Waals surface area (Å²) in [6.07, 6.45) is 0. The van der Waals surface area contributed by atoms with Crippen molar-refractivity contribution in [2.75, 3.05) is 7.11 Å². The fourth-order valence-corrected chi connectivity index (χ4v) is 1.95. The van der Waals surface area contributed by atoms with E-state index in [4.69, 9.17) is 14.3 Å². The van der Waals surface area contributed by atoms with E-state index in [2.05, 4.69) is 4.98 Å². The van der Waals surface area contributed by atoms with Gasteiger partial charge in [0, 0.05) is 5.56 Å². The predicted octanol–water partition coefficient (Wildman–Crippen LogP) is 3.48. The van der Waals surface area contributed by atoms with Gasteiger partial charge in [-0.25, -0.2) is 9.78 Å². The average molecular weight is 275 g/mol. The monoisotopic (exact) mass is 275 g/mol. The Morgan fingerprint density at radius 3 is 2.60 bits per heavy atom. The van der Waals surface area contributed by atoms with Crippen molar-refractivity contribution in [3.8, 4) is 17.2 Å². The first-order valence-electron chi connectivity index (χ1n) is 6.33. The lowest BCUT2D eigenvalue weighted by molar-refractivity contribution is 0.0661. The zero-order chi connectivity index (χ0) is 14.9. The van der Waals surface area contributed by atoms with E-state index in [9.17, 15) is 4.79 Å². The van der Waals surface area contributed by atoms with Crippen LogP contribution in [0.15, 0.2) is 22.6 Å². The number of nitrogens with zero attached hydrogens (tertiary/aromatic N) is 1. The van der Waals surface area contributed by atoms with Gasteiger partial charge in [-0.2, -0.15) is 0 Å². The first kappa shape index (κ1) is 14.1. The Hall–Kier alpha value is -2.30. The fraction of sp³-hybridized carbons (Fsp3) is 0.333. The topological polar surface area (TPSA) is 72.6 Å². The minimum Gasteiger partial charge on any atom is -0.496 e. The van der Waals surface area contributed by atoms with Gasteiger partial charge in [-0.15, -0.1) is 0 Å². The molecule has 0 radical (unpaired) electrons. The number of rotatable bonds is 4. The van der Waals surface area contributed by atoms with Crippen LogP contribution < -0.4 is 4.74 Å². The fourth-order valence-electron chi connectivity index (χ4n) is 1.95. The number of aryl methyl sites for hydroxylation is 1. The molecule has 0 unspecified atom stereocenters. The summed E-state index contributed by atoms with van der Waals surface area (Å²) in [7, 11) is 1.59. The quantitative estimate of drug-likeness (QED) is 0.924. The van der Waals surface area contributed by atoms with Crippen LogP contribution >= 0.6 is 0 Å². The van der Waals surface area contributed by atoms with E-state index in [0.29, 0.717) is 22.9 Å². The number of carboxylic acids is 1. The third kappa shape index (κ3) is 2.52. The molecule has 2 rings (SSSR count). The number of aromatic nitrogens is 1.